The molecule has 2 aromatic rings. The van der Waals surface area contributed by atoms with E-state index >= 15 is 0 Å². The summed E-state index contributed by atoms with van der Waals surface area (Å²) in [6, 6.07) is 12.0. The van der Waals surface area contributed by atoms with E-state index in [0.29, 0.717) is 10.6 Å². The summed E-state index contributed by atoms with van der Waals surface area (Å²) in [5, 5.41) is 3.01. The van der Waals surface area contributed by atoms with Crippen molar-refractivity contribution in [3.05, 3.63) is 64.9 Å². The molecule has 0 heterocycles. The molecular weight excluding hydrogens is 355 g/mol. The summed E-state index contributed by atoms with van der Waals surface area (Å²) in [4.78, 5) is 12.1. The highest BCUT2D eigenvalue weighted by molar-refractivity contribution is 7.88. The van der Waals surface area contributed by atoms with E-state index in [1.165, 1.54) is 18.2 Å². The van der Waals surface area contributed by atoms with Crippen LogP contribution in [0.2, 0.25) is 5.02 Å². The first kappa shape index (κ1) is 18.4. The molecule has 24 heavy (non-hydrogen) atoms. The molecular formula is C16H16ClFN2O3S. The number of benzene rings is 2. The molecule has 128 valence electrons. The number of nitrogens with one attached hydrogen (secondary N) is 1. The molecule has 0 aliphatic carbocycles. The third-order valence-corrected chi connectivity index (χ3v) is 4.62. The maximum absolute atomic E-state index is 13.1. The average Bonchev–Trinajstić information content (AvgIpc) is 2.48. The Bertz CT molecular complexity index is 825. The van der Waals surface area contributed by atoms with Crippen molar-refractivity contribution in [2.45, 2.75) is 6.54 Å². The molecule has 0 atom stereocenters. The average molecular weight is 371 g/mol. The van der Waals surface area contributed by atoms with Crippen LogP contribution in [0.25, 0.3) is 0 Å². The summed E-state index contributed by atoms with van der Waals surface area (Å²) in [5.41, 5.74) is 0.961. The topological polar surface area (TPSA) is 66.5 Å². The van der Waals surface area contributed by atoms with Crippen LogP contribution in [0.5, 0.6) is 0 Å². The van der Waals surface area contributed by atoms with Gasteiger partial charge in [0.25, 0.3) is 0 Å². The van der Waals surface area contributed by atoms with E-state index in [-0.39, 0.29) is 18.8 Å². The Hall–Kier alpha value is -1.96. The predicted molar refractivity (Wildman–Crippen MR) is 91.7 cm³/mol. The molecule has 8 heteroatoms. The zero-order chi connectivity index (χ0) is 17.7. The molecule has 0 spiro atoms. The first-order valence-corrected chi connectivity index (χ1v) is 9.21. The van der Waals surface area contributed by atoms with E-state index in [1.807, 2.05) is 0 Å². The smallest absolute Gasteiger partial charge is 0.239 e. The quantitative estimate of drug-likeness (QED) is 0.850. The van der Waals surface area contributed by atoms with Crippen molar-refractivity contribution < 1.29 is 17.6 Å². The van der Waals surface area contributed by atoms with Crippen molar-refractivity contribution in [3.8, 4) is 0 Å². The van der Waals surface area contributed by atoms with Gasteiger partial charge in [-0.15, -0.1) is 0 Å². The van der Waals surface area contributed by atoms with Gasteiger partial charge in [-0.2, -0.15) is 4.31 Å². The standard InChI is InChI=1S/C16H16ClFN2O3S/c1-24(22,23)20(10-12-5-7-13(17)8-6-12)11-16(21)19-15-4-2-3-14(18)9-15/h2-9H,10-11H2,1H3,(H,19,21). The molecule has 1 N–H and O–H groups in total. The molecule has 0 saturated heterocycles. The van der Waals surface area contributed by atoms with Gasteiger partial charge in [0.1, 0.15) is 5.82 Å². The van der Waals surface area contributed by atoms with Crippen molar-refractivity contribution in [1.29, 1.82) is 0 Å². The molecule has 0 fully saturated rings. The molecule has 0 aliphatic rings. The number of halogens is 2. The van der Waals surface area contributed by atoms with E-state index < -0.39 is 21.7 Å². The molecule has 0 saturated carbocycles. The van der Waals surface area contributed by atoms with Gasteiger partial charge in [-0.3, -0.25) is 4.79 Å². The molecule has 0 unspecified atom stereocenters. The first-order valence-electron chi connectivity index (χ1n) is 6.99. The zero-order valence-electron chi connectivity index (χ0n) is 12.9. The van der Waals surface area contributed by atoms with Crippen LogP contribution < -0.4 is 5.32 Å². The van der Waals surface area contributed by atoms with Gasteiger partial charge in [0.15, 0.2) is 0 Å². The van der Waals surface area contributed by atoms with E-state index in [4.69, 9.17) is 11.6 Å². The Kier molecular flexibility index (Phi) is 5.93. The van der Waals surface area contributed by atoms with Crippen LogP contribution in [0.4, 0.5) is 10.1 Å². The third kappa shape index (κ3) is 5.59. The largest absolute Gasteiger partial charge is 0.325 e. The summed E-state index contributed by atoms with van der Waals surface area (Å²) in [5.74, 6) is -1.05. The predicted octanol–water partition coefficient (Wildman–Crippen LogP) is 2.88. The molecule has 2 aromatic carbocycles. The summed E-state index contributed by atoms with van der Waals surface area (Å²) < 4.78 is 38.0. The second-order valence-electron chi connectivity index (χ2n) is 5.22. The van der Waals surface area contributed by atoms with Crippen molar-refractivity contribution in [2.75, 3.05) is 18.1 Å². The second-order valence-corrected chi connectivity index (χ2v) is 7.63. The number of anilines is 1. The van der Waals surface area contributed by atoms with Crippen LogP contribution in [0.15, 0.2) is 48.5 Å². The fraction of sp³-hybridized carbons (Fsp3) is 0.188. The zero-order valence-corrected chi connectivity index (χ0v) is 14.4. The first-order chi connectivity index (χ1) is 11.2. The minimum absolute atomic E-state index is 0.0343. The Morgan fingerprint density at radius 2 is 1.88 bits per heavy atom. The Labute approximate surface area is 145 Å². The fourth-order valence-electron chi connectivity index (χ4n) is 2.01. The monoisotopic (exact) mass is 370 g/mol. The highest BCUT2D eigenvalue weighted by Crippen LogP contribution is 2.14. The lowest BCUT2D eigenvalue weighted by Gasteiger charge is -2.19. The number of hydrogen-bond acceptors (Lipinski definition) is 3. The number of carbonyl (C=O) groups excluding carboxylic acids is 1. The number of rotatable bonds is 6. The Morgan fingerprint density at radius 3 is 2.46 bits per heavy atom. The van der Waals surface area contributed by atoms with E-state index in [0.717, 1.165) is 16.6 Å². The van der Waals surface area contributed by atoms with Gasteiger partial charge in [0.05, 0.1) is 12.8 Å². The molecule has 2 rings (SSSR count). The van der Waals surface area contributed by atoms with Gasteiger partial charge in [-0.1, -0.05) is 29.8 Å². The third-order valence-electron chi connectivity index (χ3n) is 3.17. The SMILES string of the molecule is CS(=O)(=O)N(CC(=O)Nc1cccc(F)c1)Cc1ccc(Cl)cc1. The summed E-state index contributed by atoms with van der Waals surface area (Å²) in [7, 11) is -3.60. The van der Waals surface area contributed by atoms with Crippen molar-refractivity contribution in [3.63, 3.8) is 0 Å². The highest BCUT2D eigenvalue weighted by Gasteiger charge is 2.20. The lowest BCUT2D eigenvalue weighted by Crippen LogP contribution is -2.36. The molecule has 0 aliphatic heterocycles. The lowest BCUT2D eigenvalue weighted by molar-refractivity contribution is -0.116. The number of sulfonamides is 1. The maximum Gasteiger partial charge on any atom is 0.239 e. The van der Waals surface area contributed by atoms with Crippen LogP contribution in [0.3, 0.4) is 0 Å². The van der Waals surface area contributed by atoms with Gasteiger partial charge in [0.2, 0.25) is 15.9 Å². The Balaban J connectivity index is 2.08. The van der Waals surface area contributed by atoms with Gasteiger partial charge in [0, 0.05) is 17.3 Å². The molecule has 1 amide bonds. The van der Waals surface area contributed by atoms with E-state index in [2.05, 4.69) is 5.32 Å². The summed E-state index contributed by atoms with van der Waals surface area (Å²) in [6.07, 6.45) is 1.03. The summed E-state index contributed by atoms with van der Waals surface area (Å²) in [6.45, 7) is -0.343. The minimum Gasteiger partial charge on any atom is -0.325 e. The van der Waals surface area contributed by atoms with Gasteiger partial charge in [-0.25, -0.2) is 12.8 Å². The minimum atomic E-state index is -3.60. The number of hydrogen-bond donors (Lipinski definition) is 1. The molecule has 0 bridgehead atoms. The van der Waals surface area contributed by atoms with Crippen molar-refractivity contribution in [2.24, 2.45) is 0 Å². The van der Waals surface area contributed by atoms with E-state index in [1.54, 1.807) is 24.3 Å². The lowest BCUT2D eigenvalue weighted by atomic mass is 10.2. The number of amides is 1. The highest BCUT2D eigenvalue weighted by atomic mass is 35.5. The van der Waals surface area contributed by atoms with Gasteiger partial charge < -0.3 is 5.32 Å². The molecule has 0 aromatic heterocycles. The van der Waals surface area contributed by atoms with Crippen molar-refractivity contribution >= 4 is 33.2 Å². The van der Waals surface area contributed by atoms with Crippen LogP contribution in [0, 0.1) is 5.82 Å². The normalized spacial score (nSPS) is 11.5. The van der Waals surface area contributed by atoms with Crippen molar-refractivity contribution in [1.82, 2.24) is 4.31 Å². The molecule has 0 radical (unpaired) electrons. The second kappa shape index (κ2) is 7.74. The maximum atomic E-state index is 13.1. The van der Waals surface area contributed by atoms with E-state index in [9.17, 15) is 17.6 Å². The van der Waals surface area contributed by atoms with Gasteiger partial charge in [-0.05, 0) is 35.9 Å². The molecule has 5 nitrogen and oxygen atoms in total. The van der Waals surface area contributed by atoms with Gasteiger partial charge >= 0.3 is 0 Å². The number of carbonyl (C=O) groups is 1. The fourth-order valence-corrected chi connectivity index (χ4v) is 2.87. The van der Waals surface area contributed by atoms with Crippen LogP contribution >= 0.6 is 11.6 Å². The van der Waals surface area contributed by atoms with Crippen LogP contribution in [-0.4, -0.2) is 31.4 Å². The Morgan fingerprint density at radius 1 is 1.21 bits per heavy atom. The summed E-state index contributed by atoms with van der Waals surface area (Å²) >= 11 is 5.80. The van der Waals surface area contributed by atoms with Crippen LogP contribution in [-0.2, 0) is 21.4 Å². The number of nitrogens with zero attached hydrogens (tertiary/aromatic N) is 1. The van der Waals surface area contributed by atoms with Crippen LogP contribution in [0.1, 0.15) is 5.56 Å².